The summed E-state index contributed by atoms with van der Waals surface area (Å²) in [5.74, 6) is 0.695. The maximum absolute atomic E-state index is 10.3. The van der Waals surface area contributed by atoms with Crippen LogP contribution in [0.25, 0.3) is 0 Å². The molecule has 1 atom stereocenters. The van der Waals surface area contributed by atoms with Gasteiger partial charge in [-0.1, -0.05) is 30.7 Å². The molecule has 94 valence electrons. The minimum Gasteiger partial charge on any atom is -0.382 e. The van der Waals surface area contributed by atoms with Crippen molar-refractivity contribution < 1.29 is 5.11 Å². The van der Waals surface area contributed by atoms with Crippen molar-refractivity contribution in [2.75, 3.05) is 0 Å². The average molecular weight is 242 g/mol. The topological polar surface area (TPSA) is 38.0 Å². The Balaban J connectivity index is 1.86. The summed E-state index contributed by atoms with van der Waals surface area (Å²) in [5, 5.41) is 10.3. The molecule has 1 aromatic heterocycles. The van der Waals surface area contributed by atoms with E-state index in [1.54, 1.807) is 6.33 Å². The zero-order valence-corrected chi connectivity index (χ0v) is 10.6. The first-order valence-corrected chi connectivity index (χ1v) is 6.50. The molecule has 1 aromatic carbocycles. The highest BCUT2D eigenvalue weighted by Crippen LogP contribution is 2.37. The summed E-state index contributed by atoms with van der Waals surface area (Å²) in [6.07, 6.45) is 6.85. The lowest BCUT2D eigenvalue weighted by atomic mass is 9.79. The van der Waals surface area contributed by atoms with Crippen molar-refractivity contribution >= 4 is 0 Å². The first-order valence-electron chi connectivity index (χ1n) is 6.50. The molecule has 1 aliphatic rings. The van der Waals surface area contributed by atoms with E-state index in [1.807, 2.05) is 29.9 Å². The van der Waals surface area contributed by atoms with Gasteiger partial charge in [-0.25, -0.2) is 4.98 Å². The fraction of sp³-hybridized carbons (Fsp3) is 0.400. The monoisotopic (exact) mass is 242 g/mol. The van der Waals surface area contributed by atoms with Gasteiger partial charge in [0.15, 0.2) is 0 Å². The molecule has 3 nitrogen and oxygen atoms in total. The molecule has 1 fully saturated rings. The van der Waals surface area contributed by atoms with Crippen LogP contribution in [0.15, 0.2) is 36.8 Å². The summed E-state index contributed by atoms with van der Waals surface area (Å²) < 4.78 is 1.86. The van der Waals surface area contributed by atoms with Crippen molar-refractivity contribution in [3.8, 4) is 0 Å². The molecule has 3 rings (SSSR count). The van der Waals surface area contributed by atoms with Gasteiger partial charge in [-0.15, -0.1) is 0 Å². The van der Waals surface area contributed by atoms with E-state index in [-0.39, 0.29) is 0 Å². The highest BCUT2D eigenvalue weighted by molar-refractivity contribution is 5.32. The van der Waals surface area contributed by atoms with E-state index in [2.05, 4.69) is 17.1 Å². The molecular weight excluding hydrogens is 224 g/mol. The lowest BCUT2D eigenvalue weighted by molar-refractivity contribution is 0.215. The van der Waals surface area contributed by atoms with Gasteiger partial charge in [0.25, 0.3) is 0 Å². The molecule has 0 radical (unpaired) electrons. The lowest BCUT2D eigenvalue weighted by Gasteiger charge is -2.26. The molecule has 0 aliphatic heterocycles. The van der Waals surface area contributed by atoms with E-state index in [4.69, 9.17) is 0 Å². The van der Waals surface area contributed by atoms with Gasteiger partial charge < -0.3 is 9.67 Å². The normalized spacial score (nSPS) is 17.4. The summed E-state index contributed by atoms with van der Waals surface area (Å²) in [6, 6.07) is 8.30. The predicted molar refractivity (Wildman–Crippen MR) is 70.3 cm³/mol. The van der Waals surface area contributed by atoms with Gasteiger partial charge in [0.2, 0.25) is 0 Å². The van der Waals surface area contributed by atoms with Crippen LogP contribution >= 0.6 is 0 Å². The van der Waals surface area contributed by atoms with Gasteiger partial charge in [0.05, 0.1) is 12.0 Å². The standard InChI is InChI=1S/C15H18N2O/c1-17-9-14(16-10-17)15(18)13-7-3-6-12(8-13)11-4-2-5-11/h3,6-11,15,18H,2,4-5H2,1H3. The summed E-state index contributed by atoms with van der Waals surface area (Å²) in [7, 11) is 1.91. The molecule has 1 unspecified atom stereocenters. The highest BCUT2D eigenvalue weighted by Gasteiger charge is 2.21. The third-order valence-corrected chi connectivity index (χ3v) is 3.81. The van der Waals surface area contributed by atoms with Crippen molar-refractivity contribution in [1.82, 2.24) is 9.55 Å². The first kappa shape index (κ1) is 11.5. The van der Waals surface area contributed by atoms with E-state index < -0.39 is 6.10 Å². The Hall–Kier alpha value is -1.61. The van der Waals surface area contributed by atoms with Crippen molar-refractivity contribution in [3.05, 3.63) is 53.6 Å². The zero-order chi connectivity index (χ0) is 12.5. The van der Waals surface area contributed by atoms with Gasteiger partial charge in [0.1, 0.15) is 6.10 Å². The molecule has 1 aliphatic carbocycles. The van der Waals surface area contributed by atoms with Crippen LogP contribution in [0.3, 0.4) is 0 Å². The molecule has 0 bridgehead atoms. The number of aliphatic hydroxyl groups excluding tert-OH is 1. The minimum atomic E-state index is -0.619. The largest absolute Gasteiger partial charge is 0.382 e. The lowest BCUT2D eigenvalue weighted by Crippen LogP contribution is -2.09. The number of rotatable bonds is 3. The molecule has 2 aromatic rings. The first-order chi connectivity index (χ1) is 8.74. The Morgan fingerprint density at radius 1 is 1.39 bits per heavy atom. The van der Waals surface area contributed by atoms with Crippen molar-refractivity contribution in [3.63, 3.8) is 0 Å². The SMILES string of the molecule is Cn1cnc(C(O)c2cccc(C3CCC3)c2)c1. The zero-order valence-electron chi connectivity index (χ0n) is 10.6. The summed E-state index contributed by atoms with van der Waals surface area (Å²) in [6.45, 7) is 0. The molecule has 0 saturated heterocycles. The van der Waals surface area contributed by atoms with Gasteiger partial charge in [-0.3, -0.25) is 0 Å². The van der Waals surface area contributed by atoms with E-state index in [0.29, 0.717) is 11.6 Å². The van der Waals surface area contributed by atoms with E-state index in [0.717, 1.165) is 5.56 Å². The van der Waals surface area contributed by atoms with Crippen LogP contribution < -0.4 is 0 Å². The van der Waals surface area contributed by atoms with Crippen molar-refractivity contribution in [2.45, 2.75) is 31.3 Å². The van der Waals surface area contributed by atoms with Crippen LogP contribution in [0.4, 0.5) is 0 Å². The Morgan fingerprint density at radius 2 is 2.22 bits per heavy atom. The highest BCUT2D eigenvalue weighted by atomic mass is 16.3. The maximum atomic E-state index is 10.3. The van der Waals surface area contributed by atoms with Gasteiger partial charge in [-0.2, -0.15) is 0 Å². The quantitative estimate of drug-likeness (QED) is 0.898. The van der Waals surface area contributed by atoms with Crippen molar-refractivity contribution in [2.24, 2.45) is 7.05 Å². The van der Waals surface area contributed by atoms with E-state index in [1.165, 1.54) is 24.8 Å². The molecular formula is C15H18N2O. The third kappa shape index (κ3) is 2.06. The fourth-order valence-corrected chi connectivity index (χ4v) is 2.47. The molecule has 18 heavy (non-hydrogen) atoms. The second kappa shape index (κ2) is 4.58. The smallest absolute Gasteiger partial charge is 0.123 e. The van der Waals surface area contributed by atoms with Gasteiger partial charge in [-0.05, 0) is 29.9 Å². The van der Waals surface area contributed by atoms with Crippen LogP contribution in [0, 0.1) is 0 Å². The summed E-state index contributed by atoms with van der Waals surface area (Å²) in [4.78, 5) is 4.21. The van der Waals surface area contributed by atoms with Crippen LogP contribution in [-0.4, -0.2) is 14.7 Å². The van der Waals surface area contributed by atoms with Crippen LogP contribution in [0.2, 0.25) is 0 Å². The Morgan fingerprint density at radius 3 is 2.83 bits per heavy atom. The van der Waals surface area contributed by atoms with E-state index >= 15 is 0 Å². The van der Waals surface area contributed by atoms with Gasteiger partial charge >= 0.3 is 0 Å². The number of hydrogen-bond acceptors (Lipinski definition) is 2. The average Bonchev–Trinajstić information content (AvgIpc) is 2.73. The molecule has 3 heteroatoms. The second-order valence-corrected chi connectivity index (χ2v) is 5.16. The molecule has 1 saturated carbocycles. The predicted octanol–water partition coefficient (Wildman–Crippen LogP) is 2.77. The van der Waals surface area contributed by atoms with E-state index in [9.17, 15) is 5.11 Å². The molecule has 0 spiro atoms. The number of aromatic nitrogens is 2. The Bertz CT molecular complexity index is 543. The maximum Gasteiger partial charge on any atom is 0.123 e. The number of aryl methyl sites for hydroxylation is 1. The fourth-order valence-electron chi connectivity index (χ4n) is 2.47. The molecule has 1 N–H and O–H groups in total. The number of imidazole rings is 1. The minimum absolute atomic E-state index is 0.619. The second-order valence-electron chi connectivity index (χ2n) is 5.16. The molecule has 1 heterocycles. The number of aliphatic hydroxyl groups is 1. The Kier molecular flexibility index (Phi) is 2.92. The van der Waals surface area contributed by atoms with Crippen LogP contribution in [0.5, 0.6) is 0 Å². The molecule has 0 amide bonds. The summed E-state index contributed by atoms with van der Waals surface area (Å²) >= 11 is 0. The van der Waals surface area contributed by atoms with Crippen LogP contribution in [-0.2, 0) is 7.05 Å². The number of benzene rings is 1. The third-order valence-electron chi connectivity index (χ3n) is 3.81. The number of nitrogens with zero attached hydrogens (tertiary/aromatic N) is 2. The summed E-state index contributed by atoms with van der Waals surface area (Å²) in [5.41, 5.74) is 3.01. The van der Waals surface area contributed by atoms with Crippen molar-refractivity contribution in [1.29, 1.82) is 0 Å². The Labute approximate surface area is 107 Å². The number of hydrogen-bond donors (Lipinski definition) is 1. The van der Waals surface area contributed by atoms with Gasteiger partial charge in [0, 0.05) is 13.2 Å². The van der Waals surface area contributed by atoms with Crippen LogP contribution in [0.1, 0.15) is 48.1 Å².